The molecule has 1 aliphatic rings. The molecule has 5 heteroatoms. The summed E-state index contributed by atoms with van der Waals surface area (Å²) in [5.41, 5.74) is 6.68. The summed E-state index contributed by atoms with van der Waals surface area (Å²) in [6.07, 6.45) is 2.28. The molecule has 1 fully saturated rings. The molecule has 1 saturated heterocycles. The monoisotopic (exact) mass is 272 g/mol. The van der Waals surface area contributed by atoms with Crippen molar-refractivity contribution in [2.75, 3.05) is 13.1 Å². The minimum atomic E-state index is -0.277. The number of amides is 1. The Morgan fingerprint density at radius 1 is 1.39 bits per heavy atom. The Balaban J connectivity index is 0.00000162. The first kappa shape index (κ1) is 14.9. The summed E-state index contributed by atoms with van der Waals surface area (Å²) in [6, 6.07) is 6.16. The minimum absolute atomic E-state index is 0. The van der Waals surface area contributed by atoms with Crippen molar-refractivity contribution in [2.24, 2.45) is 5.73 Å². The number of rotatable bonds is 2. The van der Waals surface area contributed by atoms with Crippen LogP contribution in [0.3, 0.4) is 0 Å². The lowest BCUT2D eigenvalue weighted by Gasteiger charge is -2.30. The Hall–Kier alpha value is -1.13. The Morgan fingerprint density at radius 2 is 2.06 bits per heavy atom. The summed E-state index contributed by atoms with van der Waals surface area (Å²) >= 11 is 0. The number of nitrogens with zero attached hydrogens (tertiary/aromatic N) is 1. The molecular weight excluding hydrogens is 255 g/mol. The Labute approximate surface area is 113 Å². The Kier molecular flexibility index (Phi) is 5.56. The van der Waals surface area contributed by atoms with E-state index in [1.165, 1.54) is 12.1 Å². The second kappa shape index (κ2) is 6.71. The predicted molar refractivity (Wildman–Crippen MR) is 71.1 cm³/mol. The fraction of sp³-hybridized carbons (Fsp3) is 0.462. The van der Waals surface area contributed by atoms with Crippen LogP contribution < -0.4 is 5.73 Å². The Bertz CT molecular complexity index is 396. The average Bonchev–Trinajstić information content (AvgIpc) is 2.32. The van der Waals surface area contributed by atoms with Crippen molar-refractivity contribution in [3.63, 3.8) is 0 Å². The third-order valence-corrected chi connectivity index (χ3v) is 3.08. The van der Waals surface area contributed by atoms with E-state index in [0.29, 0.717) is 13.0 Å². The summed E-state index contributed by atoms with van der Waals surface area (Å²) in [4.78, 5) is 13.8. The van der Waals surface area contributed by atoms with Gasteiger partial charge in [0.15, 0.2) is 0 Å². The molecule has 0 radical (unpaired) electrons. The number of likely N-dealkylation sites (tertiary alicyclic amines) is 1. The maximum Gasteiger partial charge on any atom is 0.227 e. The van der Waals surface area contributed by atoms with Gasteiger partial charge in [0.05, 0.1) is 6.42 Å². The molecule has 0 saturated carbocycles. The van der Waals surface area contributed by atoms with Crippen molar-refractivity contribution in [2.45, 2.75) is 25.3 Å². The molecule has 1 amide bonds. The summed E-state index contributed by atoms with van der Waals surface area (Å²) in [5.74, 6) is -0.201. The van der Waals surface area contributed by atoms with Gasteiger partial charge < -0.3 is 10.6 Å². The number of piperidine rings is 1. The van der Waals surface area contributed by atoms with E-state index in [0.717, 1.165) is 24.9 Å². The van der Waals surface area contributed by atoms with Crippen LogP contribution in [0.4, 0.5) is 4.39 Å². The van der Waals surface area contributed by atoms with Crippen molar-refractivity contribution >= 4 is 18.3 Å². The van der Waals surface area contributed by atoms with Crippen LogP contribution in [0.15, 0.2) is 24.3 Å². The van der Waals surface area contributed by atoms with Crippen molar-refractivity contribution < 1.29 is 9.18 Å². The molecule has 2 rings (SSSR count). The van der Waals surface area contributed by atoms with Gasteiger partial charge in [-0.15, -0.1) is 12.4 Å². The van der Waals surface area contributed by atoms with Crippen molar-refractivity contribution in [3.05, 3.63) is 35.6 Å². The smallest absolute Gasteiger partial charge is 0.227 e. The fourth-order valence-electron chi connectivity index (χ4n) is 2.13. The molecule has 1 aliphatic heterocycles. The molecule has 1 atom stereocenters. The maximum atomic E-state index is 12.7. The molecule has 100 valence electrons. The molecule has 18 heavy (non-hydrogen) atoms. The molecule has 2 N–H and O–H groups in total. The third-order valence-electron chi connectivity index (χ3n) is 3.08. The lowest BCUT2D eigenvalue weighted by Crippen LogP contribution is -2.46. The number of carbonyl (C=O) groups excluding carboxylic acids is 1. The standard InChI is InChI=1S/C13H17FN2O.ClH/c14-11-5-3-10(4-6-11)8-13(17)16-7-1-2-12(15)9-16;/h3-6,12H,1-2,7-9,15H2;1H/t12-;/m1./s1. The van der Waals surface area contributed by atoms with E-state index in [1.807, 2.05) is 0 Å². The highest BCUT2D eigenvalue weighted by Gasteiger charge is 2.20. The highest BCUT2D eigenvalue weighted by atomic mass is 35.5. The van der Waals surface area contributed by atoms with E-state index in [4.69, 9.17) is 5.73 Å². The van der Waals surface area contributed by atoms with Crippen LogP contribution in [0.2, 0.25) is 0 Å². The van der Waals surface area contributed by atoms with Crippen molar-refractivity contribution in [1.82, 2.24) is 4.90 Å². The molecule has 0 aliphatic carbocycles. The maximum absolute atomic E-state index is 12.7. The molecule has 0 aromatic heterocycles. The van der Waals surface area contributed by atoms with Gasteiger partial charge in [0.25, 0.3) is 0 Å². The first-order valence-corrected chi connectivity index (χ1v) is 5.93. The quantitative estimate of drug-likeness (QED) is 0.891. The number of carbonyl (C=O) groups is 1. The van der Waals surface area contributed by atoms with Gasteiger partial charge in [0, 0.05) is 19.1 Å². The predicted octanol–water partition coefficient (Wildman–Crippen LogP) is 1.74. The molecular formula is C13H18ClFN2O. The summed E-state index contributed by atoms with van der Waals surface area (Å²) in [5, 5.41) is 0. The highest BCUT2D eigenvalue weighted by molar-refractivity contribution is 5.85. The number of nitrogens with two attached hydrogens (primary N) is 1. The van der Waals surface area contributed by atoms with E-state index < -0.39 is 0 Å². The normalized spacial score (nSPS) is 19.2. The van der Waals surface area contributed by atoms with Crippen LogP contribution in [-0.2, 0) is 11.2 Å². The van der Waals surface area contributed by atoms with Gasteiger partial charge in [-0.05, 0) is 30.5 Å². The molecule has 1 heterocycles. The van der Waals surface area contributed by atoms with Gasteiger partial charge in [-0.2, -0.15) is 0 Å². The summed E-state index contributed by atoms with van der Waals surface area (Å²) in [7, 11) is 0. The van der Waals surface area contributed by atoms with Crippen molar-refractivity contribution in [3.8, 4) is 0 Å². The van der Waals surface area contributed by atoms with Crippen LogP contribution in [0.25, 0.3) is 0 Å². The lowest BCUT2D eigenvalue weighted by molar-refractivity contribution is -0.131. The van der Waals surface area contributed by atoms with E-state index in [9.17, 15) is 9.18 Å². The zero-order valence-corrected chi connectivity index (χ0v) is 11.0. The van der Waals surface area contributed by atoms with E-state index in [-0.39, 0.29) is 30.2 Å². The van der Waals surface area contributed by atoms with Gasteiger partial charge in [-0.1, -0.05) is 12.1 Å². The van der Waals surface area contributed by atoms with Crippen molar-refractivity contribution in [1.29, 1.82) is 0 Å². The van der Waals surface area contributed by atoms with Gasteiger partial charge in [-0.3, -0.25) is 4.79 Å². The van der Waals surface area contributed by atoms with E-state index in [1.54, 1.807) is 17.0 Å². The van der Waals surface area contributed by atoms with Gasteiger partial charge in [-0.25, -0.2) is 4.39 Å². The molecule has 1 aromatic carbocycles. The molecule has 0 spiro atoms. The van der Waals surface area contributed by atoms with Gasteiger partial charge in [0.1, 0.15) is 5.82 Å². The highest BCUT2D eigenvalue weighted by Crippen LogP contribution is 2.11. The average molecular weight is 273 g/mol. The van der Waals surface area contributed by atoms with Crippen LogP contribution in [0, 0.1) is 5.82 Å². The van der Waals surface area contributed by atoms with Gasteiger partial charge in [0.2, 0.25) is 5.91 Å². The number of hydrogen-bond donors (Lipinski definition) is 1. The zero-order valence-electron chi connectivity index (χ0n) is 10.1. The first-order valence-electron chi connectivity index (χ1n) is 5.93. The Morgan fingerprint density at radius 3 is 2.67 bits per heavy atom. The first-order chi connectivity index (χ1) is 8.15. The fourth-order valence-corrected chi connectivity index (χ4v) is 2.13. The van der Waals surface area contributed by atoms with Crippen LogP contribution >= 0.6 is 12.4 Å². The summed E-state index contributed by atoms with van der Waals surface area (Å²) < 4.78 is 12.7. The van der Waals surface area contributed by atoms with E-state index in [2.05, 4.69) is 0 Å². The number of benzene rings is 1. The SMILES string of the molecule is Cl.N[C@@H]1CCCN(C(=O)Cc2ccc(F)cc2)C1. The zero-order chi connectivity index (χ0) is 12.3. The molecule has 3 nitrogen and oxygen atoms in total. The van der Waals surface area contributed by atoms with Crippen LogP contribution in [0.5, 0.6) is 0 Å². The van der Waals surface area contributed by atoms with Gasteiger partial charge >= 0.3 is 0 Å². The second-order valence-electron chi connectivity index (χ2n) is 4.55. The minimum Gasteiger partial charge on any atom is -0.341 e. The van der Waals surface area contributed by atoms with Crippen LogP contribution in [0.1, 0.15) is 18.4 Å². The van der Waals surface area contributed by atoms with Crippen LogP contribution in [-0.4, -0.2) is 29.9 Å². The molecule has 0 bridgehead atoms. The molecule has 0 unspecified atom stereocenters. The summed E-state index contributed by atoms with van der Waals surface area (Å²) in [6.45, 7) is 1.42. The second-order valence-corrected chi connectivity index (χ2v) is 4.55. The largest absolute Gasteiger partial charge is 0.341 e. The third kappa shape index (κ3) is 3.96. The number of hydrogen-bond acceptors (Lipinski definition) is 2. The topological polar surface area (TPSA) is 46.3 Å². The number of halogens is 2. The lowest BCUT2D eigenvalue weighted by atomic mass is 10.1. The molecule has 1 aromatic rings. The van der Waals surface area contributed by atoms with E-state index >= 15 is 0 Å².